The van der Waals surface area contributed by atoms with E-state index >= 15 is 0 Å². The summed E-state index contributed by atoms with van der Waals surface area (Å²) in [7, 11) is 1.31. The molecule has 98 valence electrons. The minimum atomic E-state index is -0.640. The zero-order chi connectivity index (χ0) is 13.1. The summed E-state index contributed by atoms with van der Waals surface area (Å²) < 4.78 is 15.7. The number of ether oxygens (including phenoxy) is 3. The monoisotopic (exact) mass is 252 g/mol. The molecule has 0 aromatic heterocycles. The van der Waals surface area contributed by atoms with Crippen molar-refractivity contribution in [2.75, 3.05) is 13.7 Å². The van der Waals surface area contributed by atoms with Crippen LogP contribution in [0.5, 0.6) is 5.75 Å². The molecule has 2 unspecified atom stereocenters. The van der Waals surface area contributed by atoms with Crippen molar-refractivity contribution < 1.29 is 24.1 Å². The number of esters is 1. The Labute approximate surface area is 105 Å². The second-order valence-corrected chi connectivity index (χ2v) is 4.20. The predicted octanol–water partition coefficient (Wildman–Crippen LogP) is 2.00. The summed E-state index contributed by atoms with van der Waals surface area (Å²) in [4.78, 5) is 11.4. The summed E-state index contributed by atoms with van der Waals surface area (Å²) in [5.41, 5.74) is 0.806. The van der Waals surface area contributed by atoms with E-state index in [1.165, 1.54) is 25.3 Å². The normalized spacial score (nSPS) is 23.7. The van der Waals surface area contributed by atoms with Gasteiger partial charge < -0.3 is 19.3 Å². The minimum absolute atomic E-state index is 0.0433. The number of phenols is 1. The molecule has 1 saturated heterocycles. The third-order valence-corrected chi connectivity index (χ3v) is 2.85. The molecular weight excluding hydrogens is 236 g/mol. The number of carbonyl (C=O) groups is 1. The number of aromatic hydroxyl groups is 1. The van der Waals surface area contributed by atoms with Crippen molar-refractivity contribution in [2.24, 2.45) is 0 Å². The van der Waals surface area contributed by atoms with Crippen molar-refractivity contribution in [1.82, 2.24) is 0 Å². The van der Waals surface area contributed by atoms with E-state index in [1.54, 1.807) is 0 Å². The van der Waals surface area contributed by atoms with E-state index in [0.717, 1.165) is 6.42 Å². The van der Waals surface area contributed by atoms with Crippen LogP contribution >= 0.6 is 0 Å². The Morgan fingerprint density at radius 1 is 1.50 bits per heavy atom. The van der Waals surface area contributed by atoms with Crippen LogP contribution in [0.1, 0.15) is 35.6 Å². The highest BCUT2D eigenvalue weighted by atomic mass is 16.7. The molecule has 0 radical (unpaired) electrons. The lowest BCUT2D eigenvalue weighted by atomic mass is 10.1. The van der Waals surface area contributed by atoms with E-state index in [9.17, 15) is 9.90 Å². The number of benzene rings is 1. The fraction of sp³-hybridized carbons (Fsp3) is 0.462. The van der Waals surface area contributed by atoms with Crippen molar-refractivity contribution in [2.45, 2.75) is 25.7 Å². The summed E-state index contributed by atoms with van der Waals surface area (Å²) in [5, 5.41) is 9.82. The summed E-state index contributed by atoms with van der Waals surface area (Å²) in [5.74, 6) is -0.415. The van der Waals surface area contributed by atoms with Gasteiger partial charge in [-0.05, 0) is 31.5 Å². The SMILES string of the molecule is COC(=O)c1ccc(O)c(C2OCCC(C)O2)c1. The van der Waals surface area contributed by atoms with Crippen LogP contribution in [0.3, 0.4) is 0 Å². The van der Waals surface area contributed by atoms with Gasteiger partial charge in [-0.15, -0.1) is 0 Å². The number of rotatable bonds is 2. The van der Waals surface area contributed by atoms with Crippen LogP contribution in [0.4, 0.5) is 0 Å². The fourth-order valence-corrected chi connectivity index (χ4v) is 1.81. The Bertz CT molecular complexity index is 443. The maximum Gasteiger partial charge on any atom is 0.337 e. The molecule has 0 amide bonds. The molecule has 5 nitrogen and oxygen atoms in total. The number of methoxy groups -OCH3 is 1. The van der Waals surface area contributed by atoms with E-state index in [1.807, 2.05) is 6.92 Å². The Balaban J connectivity index is 2.28. The summed E-state index contributed by atoms with van der Waals surface area (Å²) >= 11 is 0. The Hall–Kier alpha value is -1.59. The number of hydrogen-bond acceptors (Lipinski definition) is 5. The molecule has 2 rings (SSSR count). The lowest BCUT2D eigenvalue weighted by molar-refractivity contribution is -0.212. The van der Waals surface area contributed by atoms with Crippen molar-refractivity contribution in [3.8, 4) is 5.75 Å². The number of phenolic OH excluding ortho intramolecular Hbond substituents is 1. The van der Waals surface area contributed by atoms with Crippen LogP contribution in [-0.2, 0) is 14.2 Å². The molecule has 0 aliphatic carbocycles. The van der Waals surface area contributed by atoms with Gasteiger partial charge in [-0.3, -0.25) is 0 Å². The molecule has 1 aliphatic rings. The topological polar surface area (TPSA) is 65.0 Å². The molecule has 0 bridgehead atoms. The van der Waals surface area contributed by atoms with Gasteiger partial charge >= 0.3 is 5.97 Å². The van der Waals surface area contributed by atoms with Crippen LogP contribution < -0.4 is 0 Å². The Morgan fingerprint density at radius 2 is 2.28 bits per heavy atom. The standard InChI is InChI=1S/C13H16O5/c1-8-5-6-17-13(18-8)10-7-9(12(15)16-2)3-4-11(10)14/h3-4,7-8,13-14H,5-6H2,1-2H3. The van der Waals surface area contributed by atoms with Gasteiger partial charge in [0.2, 0.25) is 0 Å². The molecule has 1 fully saturated rings. The molecule has 1 aromatic rings. The van der Waals surface area contributed by atoms with Crippen LogP contribution in [0.2, 0.25) is 0 Å². The lowest BCUT2D eigenvalue weighted by Gasteiger charge is -2.28. The highest BCUT2D eigenvalue weighted by Gasteiger charge is 2.25. The molecule has 0 saturated carbocycles. The molecule has 1 N–H and O–H groups in total. The van der Waals surface area contributed by atoms with Crippen LogP contribution in [0, 0.1) is 0 Å². The molecular formula is C13H16O5. The first-order chi connectivity index (χ1) is 8.61. The third kappa shape index (κ3) is 2.63. The highest BCUT2D eigenvalue weighted by molar-refractivity contribution is 5.89. The van der Waals surface area contributed by atoms with Gasteiger partial charge in [-0.2, -0.15) is 0 Å². The molecule has 1 aromatic carbocycles. The lowest BCUT2D eigenvalue weighted by Crippen LogP contribution is -2.24. The van der Waals surface area contributed by atoms with Gasteiger partial charge in [0.05, 0.1) is 30.9 Å². The molecule has 1 aliphatic heterocycles. The first-order valence-corrected chi connectivity index (χ1v) is 5.80. The maximum absolute atomic E-state index is 11.4. The smallest absolute Gasteiger partial charge is 0.337 e. The number of carbonyl (C=O) groups excluding carboxylic acids is 1. The van der Waals surface area contributed by atoms with Gasteiger partial charge in [0.25, 0.3) is 0 Å². The predicted molar refractivity (Wildman–Crippen MR) is 63.3 cm³/mol. The van der Waals surface area contributed by atoms with Crippen molar-refractivity contribution >= 4 is 5.97 Å². The maximum atomic E-state index is 11.4. The summed E-state index contributed by atoms with van der Waals surface area (Å²) in [6, 6.07) is 4.47. The second-order valence-electron chi connectivity index (χ2n) is 4.20. The largest absolute Gasteiger partial charge is 0.507 e. The van der Waals surface area contributed by atoms with Gasteiger partial charge in [-0.25, -0.2) is 4.79 Å². The van der Waals surface area contributed by atoms with Crippen LogP contribution in [0.25, 0.3) is 0 Å². The Kier molecular flexibility index (Phi) is 3.84. The van der Waals surface area contributed by atoms with Gasteiger partial charge in [0, 0.05) is 0 Å². The second kappa shape index (κ2) is 5.37. The zero-order valence-corrected chi connectivity index (χ0v) is 10.4. The van der Waals surface area contributed by atoms with Crippen molar-refractivity contribution in [1.29, 1.82) is 0 Å². The first kappa shape index (κ1) is 12.9. The van der Waals surface area contributed by atoms with Gasteiger partial charge in [0.15, 0.2) is 6.29 Å². The molecule has 1 heterocycles. The van der Waals surface area contributed by atoms with Crippen LogP contribution in [-0.4, -0.2) is 30.9 Å². The van der Waals surface area contributed by atoms with Gasteiger partial charge in [-0.1, -0.05) is 0 Å². The zero-order valence-electron chi connectivity index (χ0n) is 10.4. The van der Waals surface area contributed by atoms with Gasteiger partial charge in [0.1, 0.15) is 5.75 Å². The van der Waals surface area contributed by atoms with Crippen molar-refractivity contribution in [3.63, 3.8) is 0 Å². The van der Waals surface area contributed by atoms with E-state index in [-0.39, 0.29) is 11.9 Å². The summed E-state index contributed by atoms with van der Waals surface area (Å²) in [6.45, 7) is 2.50. The highest BCUT2D eigenvalue weighted by Crippen LogP contribution is 2.32. The van der Waals surface area contributed by atoms with Crippen LogP contribution in [0.15, 0.2) is 18.2 Å². The third-order valence-electron chi connectivity index (χ3n) is 2.85. The summed E-state index contributed by atoms with van der Waals surface area (Å²) in [6.07, 6.45) is 0.233. The Morgan fingerprint density at radius 3 is 2.94 bits per heavy atom. The molecule has 5 heteroatoms. The van der Waals surface area contributed by atoms with E-state index in [0.29, 0.717) is 17.7 Å². The number of hydrogen-bond donors (Lipinski definition) is 1. The average Bonchev–Trinajstić information content (AvgIpc) is 2.38. The molecule has 18 heavy (non-hydrogen) atoms. The minimum Gasteiger partial charge on any atom is -0.507 e. The quantitative estimate of drug-likeness (QED) is 0.815. The van der Waals surface area contributed by atoms with E-state index < -0.39 is 12.3 Å². The fourth-order valence-electron chi connectivity index (χ4n) is 1.81. The molecule has 0 spiro atoms. The first-order valence-electron chi connectivity index (χ1n) is 5.80. The van der Waals surface area contributed by atoms with E-state index in [2.05, 4.69) is 4.74 Å². The van der Waals surface area contributed by atoms with Crippen molar-refractivity contribution in [3.05, 3.63) is 29.3 Å². The molecule has 2 atom stereocenters. The average molecular weight is 252 g/mol. The van der Waals surface area contributed by atoms with E-state index in [4.69, 9.17) is 9.47 Å².